The second-order valence-corrected chi connectivity index (χ2v) is 9.43. The maximum Gasteiger partial charge on any atom is 0.295 e. The number of carbonyl (C=O) groups is 2. The zero-order chi connectivity index (χ0) is 27.1. The van der Waals surface area contributed by atoms with Gasteiger partial charge in [0.2, 0.25) is 5.78 Å². The normalized spacial score (nSPS) is 19.6. The van der Waals surface area contributed by atoms with Gasteiger partial charge in [-0.2, -0.15) is 0 Å². The van der Waals surface area contributed by atoms with Gasteiger partial charge in [0.1, 0.15) is 18.8 Å². The number of quaternary nitrogens is 1. The number of hydrogen-bond donors (Lipinski definition) is 1. The van der Waals surface area contributed by atoms with Crippen LogP contribution in [0.4, 0.5) is 0 Å². The Kier molecular flexibility index (Phi) is 9.25. The highest BCUT2D eigenvalue weighted by Crippen LogP contribution is 2.41. The first-order valence-electron chi connectivity index (χ1n) is 13.1. The molecule has 4 rings (SSSR count). The minimum absolute atomic E-state index is 0.0526. The van der Waals surface area contributed by atoms with E-state index >= 15 is 0 Å². The molecule has 1 unspecified atom stereocenters. The summed E-state index contributed by atoms with van der Waals surface area (Å²) in [7, 11) is 3.06. The van der Waals surface area contributed by atoms with Crippen LogP contribution >= 0.6 is 0 Å². The Morgan fingerprint density at radius 3 is 2.42 bits per heavy atom. The number of ketones is 1. The molecule has 2 aliphatic heterocycles. The lowest BCUT2D eigenvalue weighted by Crippen LogP contribution is -3.14. The van der Waals surface area contributed by atoms with Gasteiger partial charge in [-0.05, 0) is 41.8 Å². The molecule has 1 amide bonds. The van der Waals surface area contributed by atoms with Crippen LogP contribution in [0.3, 0.4) is 0 Å². The van der Waals surface area contributed by atoms with Crippen LogP contribution in [0.1, 0.15) is 36.9 Å². The number of rotatable bonds is 11. The van der Waals surface area contributed by atoms with E-state index in [4.69, 9.17) is 18.9 Å². The average molecular weight is 525 g/mol. The van der Waals surface area contributed by atoms with Crippen molar-refractivity contribution in [1.29, 1.82) is 0 Å². The van der Waals surface area contributed by atoms with E-state index < -0.39 is 23.5 Å². The fourth-order valence-corrected chi connectivity index (χ4v) is 4.96. The fraction of sp³-hybridized carbons (Fsp3) is 0.448. The number of nitrogens with one attached hydrogen (secondary N) is 1. The van der Waals surface area contributed by atoms with Gasteiger partial charge in [0, 0.05) is 18.5 Å². The van der Waals surface area contributed by atoms with Crippen LogP contribution in [-0.4, -0.2) is 76.8 Å². The number of Topliss-reactive ketones (excluding diaryl/α,β-unsaturated/α-hetero) is 1. The second kappa shape index (κ2) is 12.8. The third-order valence-corrected chi connectivity index (χ3v) is 6.97. The van der Waals surface area contributed by atoms with Gasteiger partial charge in [-0.15, -0.1) is 0 Å². The first kappa shape index (κ1) is 27.5. The molecule has 2 aromatic carbocycles. The number of morpholine rings is 1. The summed E-state index contributed by atoms with van der Waals surface area (Å²) in [5.74, 6) is -0.270. The summed E-state index contributed by atoms with van der Waals surface area (Å²) in [5, 5.41) is 13.7. The van der Waals surface area contributed by atoms with E-state index in [0.717, 1.165) is 39.3 Å². The molecule has 0 aromatic heterocycles. The van der Waals surface area contributed by atoms with Gasteiger partial charge in [0.15, 0.2) is 11.5 Å². The zero-order valence-corrected chi connectivity index (χ0v) is 22.3. The number of carbonyl (C=O) groups excluding carboxylic acids is 2. The molecule has 0 aliphatic carbocycles. The molecule has 2 aromatic rings. The number of hydrogen-bond acceptors (Lipinski definition) is 7. The number of methoxy groups -OCH3 is 2. The van der Waals surface area contributed by atoms with E-state index in [0.29, 0.717) is 47.9 Å². The zero-order valence-electron chi connectivity index (χ0n) is 22.3. The Hall–Kier alpha value is -3.56. The molecular weight excluding hydrogens is 488 g/mol. The molecule has 0 saturated carbocycles. The number of ether oxygens (including phenoxy) is 4. The molecule has 38 heavy (non-hydrogen) atoms. The van der Waals surface area contributed by atoms with Gasteiger partial charge < -0.3 is 33.9 Å². The minimum Gasteiger partial charge on any atom is -0.872 e. The van der Waals surface area contributed by atoms with Crippen molar-refractivity contribution in [2.45, 2.75) is 25.8 Å². The SMILES string of the molecule is CCCOc1ccc(/C([O-])=C2\C(=O)C(=O)N(CCC[NH+]3CCOCC3)C2c2ccc(OC)c(OC)c2)cc1. The molecule has 2 fully saturated rings. The van der Waals surface area contributed by atoms with E-state index in [9.17, 15) is 14.7 Å². The molecule has 1 atom stereocenters. The van der Waals surface area contributed by atoms with E-state index in [1.807, 2.05) is 6.92 Å². The summed E-state index contributed by atoms with van der Waals surface area (Å²) in [6, 6.07) is 11.1. The van der Waals surface area contributed by atoms with Crippen molar-refractivity contribution in [2.24, 2.45) is 0 Å². The summed E-state index contributed by atoms with van der Waals surface area (Å²) in [5.41, 5.74) is 0.894. The third-order valence-electron chi connectivity index (χ3n) is 6.97. The molecule has 2 heterocycles. The quantitative estimate of drug-likeness (QED) is 0.266. The molecule has 2 saturated heterocycles. The van der Waals surface area contributed by atoms with Crippen molar-refractivity contribution in [3.63, 3.8) is 0 Å². The number of amides is 1. The van der Waals surface area contributed by atoms with Crippen LogP contribution in [0.15, 0.2) is 48.0 Å². The fourth-order valence-electron chi connectivity index (χ4n) is 4.96. The smallest absolute Gasteiger partial charge is 0.295 e. The van der Waals surface area contributed by atoms with Gasteiger partial charge in [0.25, 0.3) is 5.91 Å². The molecule has 0 bridgehead atoms. The Morgan fingerprint density at radius 2 is 1.76 bits per heavy atom. The van der Waals surface area contributed by atoms with Crippen molar-refractivity contribution in [2.75, 3.05) is 60.2 Å². The molecule has 2 aliphatic rings. The summed E-state index contributed by atoms with van der Waals surface area (Å²) in [4.78, 5) is 29.5. The lowest BCUT2D eigenvalue weighted by Gasteiger charge is -2.29. The van der Waals surface area contributed by atoms with Crippen LogP contribution in [-0.2, 0) is 14.3 Å². The lowest BCUT2D eigenvalue weighted by molar-refractivity contribution is -0.908. The molecule has 9 nitrogen and oxygen atoms in total. The summed E-state index contributed by atoms with van der Waals surface area (Å²) in [6.45, 7) is 7.06. The van der Waals surface area contributed by atoms with E-state index in [1.54, 1.807) is 42.5 Å². The van der Waals surface area contributed by atoms with Crippen LogP contribution in [0.25, 0.3) is 5.76 Å². The Bertz CT molecular complexity index is 1160. The molecular formula is C29H36N2O7. The van der Waals surface area contributed by atoms with Gasteiger partial charge in [0.05, 0.1) is 46.6 Å². The first-order chi connectivity index (χ1) is 18.5. The van der Waals surface area contributed by atoms with E-state index in [1.165, 1.54) is 24.0 Å². The Balaban J connectivity index is 1.69. The highest BCUT2D eigenvalue weighted by atomic mass is 16.5. The predicted octanol–water partition coefficient (Wildman–Crippen LogP) is 1.02. The van der Waals surface area contributed by atoms with Crippen molar-refractivity contribution in [3.05, 3.63) is 59.2 Å². The average Bonchev–Trinajstić information content (AvgIpc) is 3.21. The molecule has 0 radical (unpaired) electrons. The topological polar surface area (TPSA) is 102 Å². The summed E-state index contributed by atoms with van der Waals surface area (Å²) >= 11 is 0. The van der Waals surface area contributed by atoms with Gasteiger partial charge in [-0.1, -0.05) is 30.9 Å². The number of benzene rings is 2. The number of likely N-dealkylation sites (tertiary alicyclic amines) is 1. The first-order valence-corrected chi connectivity index (χ1v) is 13.1. The molecule has 204 valence electrons. The maximum atomic E-state index is 13.7. The molecule has 1 N–H and O–H groups in total. The van der Waals surface area contributed by atoms with Crippen LogP contribution < -0.4 is 24.2 Å². The second-order valence-electron chi connectivity index (χ2n) is 9.43. The Morgan fingerprint density at radius 1 is 1.05 bits per heavy atom. The van der Waals surface area contributed by atoms with E-state index in [-0.39, 0.29) is 5.57 Å². The van der Waals surface area contributed by atoms with Gasteiger partial charge >= 0.3 is 0 Å². The number of nitrogens with zero attached hydrogens (tertiary/aromatic N) is 1. The van der Waals surface area contributed by atoms with Crippen molar-refractivity contribution >= 4 is 17.4 Å². The van der Waals surface area contributed by atoms with E-state index in [2.05, 4.69) is 0 Å². The highest BCUT2D eigenvalue weighted by Gasteiger charge is 2.44. The van der Waals surface area contributed by atoms with Crippen LogP contribution in [0, 0.1) is 0 Å². The van der Waals surface area contributed by atoms with Crippen molar-refractivity contribution in [3.8, 4) is 17.2 Å². The standard InChI is InChI=1S/C29H36N2O7/c1-4-16-38-22-9-6-20(7-10-22)27(32)25-26(21-8-11-23(35-2)24(19-21)36-3)31(29(34)28(25)33)13-5-12-30-14-17-37-18-15-30/h6-11,19,26,32H,4-5,12-18H2,1-3H3/b27-25+. The molecule has 0 spiro atoms. The maximum absolute atomic E-state index is 13.7. The van der Waals surface area contributed by atoms with Crippen LogP contribution in [0.2, 0.25) is 0 Å². The molecule has 9 heteroatoms. The largest absolute Gasteiger partial charge is 0.872 e. The highest BCUT2D eigenvalue weighted by molar-refractivity contribution is 6.46. The lowest BCUT2D eigenvalue weighted by atomic mass is 9.95. The summed E-state index contributed by atoms with van der Waals surface area (Å²) in [6.07, 6.45) is 1.56. The van der Waals surface area contributed by atoms with Gasteiger partial charge in [-0.3, -0.25) is 9.59 Å². The van der Waals surface area contributed by atoms with Crippen LogP contribution in [0.5, 0.6) is 17.2 Å². The third kappa shape index (κ3) is 5.95. The van der Waals surface area contributed by atoms with Crippen molar-refractivity contribution in [1.82, 2.24) is 4.90 Å². The Labute approximate surface area is 223 Å². The monoisotopic (exact) mass is 524 g/mol. The van der Waals surface area contributed by atoms with Crippen molar-refractivity contribution < 1.29 is 38.5 Å². The minimum atomic E-state index is -0.821. The predicted molar refractivity (Wildman–Crippen MR) is 139 cm³/mol. The van der Waals surface area contributed by atoms with Gasteiger partial charge in [-0.25, -0.2) is 0 Å². The summed E-state index contributed by atoms with van der Waals surface area (Å²) < 4.78 is 21.9.